The number of aryl methyl sites for hydroxylation is 1. The molecule has 0 spiro atoms. The van der Waals surface area contributed by atoms with E-state index in [1.54, 1.807) is 0 Å². The first-order chi connectivity index (χ1) is 8.77. The Bertz CT molecular complexity index is 435. The maximum Gasteiger partial charge on any atom is 0.233 e. The monoisotopic (exact) mass is 248 g/mol. The van der Waals surface area contributed by atoms with Gasteiger partial charge in [-0.15, -0.1) is 0 Å². The minimum atomic E-state index is -0.0252. The molecule has 2 fully saturated rings. The smallest absolute Gasteiger partial charge is 0.233 e. The molecule has 2 aliphatic rings. The summed E-state index contributed by atoms with van der Waals surface area (Å²) in [5, 5.41) is 6.54. The van der Waals surface area contributed by atoms with Crippen molar-refractivity contribution in [1.82, 2.24) is 20.1 Å². The van der Waals surface area contributed by atoms with Crippen LogP contribution in [0.15, 0.2) is 6.33 Å². The van der Waals surface area contributed by atoms with Crippen LogP contribution in [-0.4, -0.2) is 38.4 Å². The number of aromatic nitrogens is 3. The third-order valence-electron chi connectivity index (χ3n) is 3.94. The van der Waals surface area contributed by atoms with Crippen LogP contribution in [0.25, 0.3) is 0 Å². The van der Waals surface area contributed by atoms with Gasteiger partial charge in [0.05, 0.1) is 11.8 Å². The van der Waals surface area contributed by atoms with Crippen molar-refractivity contribution in [2.24, 2.45) is 11.8 Å². The zero-order valence-electron chi connectivity index (χ0n) is 10.1. The molecule has 6 nitrogen and oxygen atoms in total. The third-order valence-corrected chi connectivity index (χ3v) is 3.94. The Morgan fingerprint density at radius 2 is 2.00 bits per heavy atom. The molecule has 1 aromatic heterocycles. The molecule has 1 aliphatic carbocycles. The van der Waals surface area contributed by atoms with Gasteiger partial charge in [0, 0.05) is 13.0 Å². The summed E-state index contributed by atoms with van der Waals surface area (Å²) in [5.74, 6) is 0.833. The molecule has 2 amide bonds. The number of carbonyl (C=O) groups excluding carboxylic acids is 2. The Hall–Kier alpha value is -1.72. The molecule has 1 aliphatic heterocycles. The van der Waals surface area contributed by atoms with Gasteiger partial charge in [0.2, 0.25) is 11.8 Å². The molecule has 1 saturated carbocycles. The molecule has 1 aromatic rings. The number of H-pyrrole nitrogens is 1. The van der Waals surface area contributed by atoms with Gasteiger partial charge in [0.1, 0.15) is 12.2 Å². The molecule has 96 valence electrons. The summed E-state index contributed by atoms with van der Waals surface area (Å²) in [6.45, 7) is 0.505. The topological polar surface area (TPSA) is 79.0 Å². The van der Waals surface area contributed by atoms with Crippen LogP contribution >= 0.6 is 0 Å². The van der Waals surface area contributed by atoms with Gasteiger partial charge in [-0.1, -0.05) is 6.42 Å². The van der Waals surface area contributed by atoms with Gasteiger partial charge in [-0.3, -0.25) is 19.6 Å². The lowest BCUT2D eigenvalue weighted by Gasteiger charge is -2.15. The first-order valence-electron chi connectivity index (χ1n) is 6.47. The van der Waals surface area contributed by atoms with E-state index in [1.807, 2.05) is 0 Å². The van der Waals surface area contributed by atoms with Crippen molar-refractivity contribution in [2.75, 3.05) is 6.54 Å². The van der Waals surface area contributed by atoms with E-state index in [9.17, 15) is 9.59 Å². The van der Waals surface area contributed by atoms with Gasteiger partial charge in [0.15, 0.2) is 0 Å². The van der Waals surface area contributed by atoms with Crippen LogP contribution < -0.4 is 0 Å². The van der Waals surface area contributed by atoms with Crippen molar-refractivity contribution in [3.05, 3.63) is 12.2 Å². The maximum absolute atomic E-state index is 12.1. The number of carbonyl (C=O) groups is 2. The second-order valence-corrected chi connectivity index (χ2v) is 5.01. The van der Waals surface area contributed by atoms with Crippen molar-refractivity contribution < 1.29 is 9.59 Å². The summed E-state index contributed by atoms with van der Waals surface area (Å²) in [5.41, 5.74) is 0. The van der Waals surface area contributed by atoms with Crippen molar-refractivity contribution in [3.8, 4) is 0 Å². The molecule has 2 atom stereocenters. The first-order valence-corrected chi connectivity index (χ1v) is 6.47. The number of amides is 2. The summed E-state index contributed by atoms with van der Waals surface area (Å²) in [6.07, 6.45) is 5.70. The Labute approximate surface area is 105 Å². The fourth-order valence-corrected chi connectivity index (χ4v) is 3.04. The maximum atomic E-state index is 12.1. The highest BCUT2D eigenvalue weighted by molar-refractivity contribution is 6.05. The number of nitrogens with one attached hydrogen (secondary N) is 1. The second-order valence-electron chi connectivity index (χ2n) is 5.01. The van der Waals surface area contributed by atoms with E-state index in [2.05, 4.69) is 15.2 Å². The standard InChI is InChI=1S/C12H16N4O2/c17-11-8-3-1-4-9(8)12(18)16(11)6-2-5-10-13-7-14-15-10/h7-9H,1-6H2,(H,13,14,15). The van der Waals surface area contributed by atoms with Crippen LogP contribution in [0.1, 0.15) is 31.5 Å². The highest BCUT2D eigenvalue weighted by atomic mass is 16.2. The Morgan fingerprint density at radius 1 is 1.28 bits per heavy atom. The highest BCUT2D eigenvalue weighted by Crippen LogP contribution is 2.39. The van der Waals surface area contributed by atoms with E-state index in [0.717, 1.165) is 31.5 Å². The summed E-state index contributed by atoms with van der Waals surface area (Å²) in [7, 11) is 0. The molecule has 18 heavy (non-hydrogen) atoms. The van der Waals surface area contributed by atoms with E-state index >= 15 is 0 Å². The first kappa shape index (κ1) is 11.4. The van der Waals surface area contributed by atoms with Gasteiger partial charge in [0.25, 0.3) is 0 Å². The van der Waals surface area contributed by atoms with E-state index < -0.39 is 0 Å². The molecule has 3 rings (SSSR count). The van der Waals surface area contributed by atoms with Crippen LogP contribution in [0.4, 0.5) is 0 Å². The minimum Gasteiger partial charge on any atom is -0.282 e. The molecule has 1 N–H and O–H groups in total. The third kappa shape index (κ3) is 1.81. The Kier molecular flexibility index (Phi) is 2.85. The van der Waals surface area contributed by atoms with Gasteiger partial charge in [-0.05, 0) is 19.3 Å². The van der Waals surface area contributed by atoms with Crippen molar-refractivity contribution in [3.63, 3.8) is 0 Å². The normalized spacial score (nSPS) is 27.0. The lowest BCUT2D eigenvalue weighted by molar-refractivity contribution is -0.140. The van der Waals surface area contributed by atoms with Gasteiger partial charge in [-0.2, -0.15) is 5.10 Å². The van der Waals surface area contributed by atoms with Crippen LogP contribution in [0, 0.1) is 11.8 Å². The zero-order chi connectivity index (χ0) is 12.5. The molecule has 0 radical (unpaired) electrons. The molecular formula is C12H16N4O2. The number of rotatable bonds is 4. The van der Waals surface area contributed by atoms with Gasteiger partial charge in [-0.25, -0.2) is 4.98 Å². The Balaban J connectivity index is 1.57. The number of imide groups is 1. The van der Waals surface area contributed by atoms with Crippen LogP contribution in [0.2, 0.25) is 0 Å². The number of fused-ring (bicyclic) bond motifs is 1. The fourth-order valence-electron chi connectivity index (χ4n) is 3.04. The zero-order valence-corrected chi connectivity index (χ0v) is 10.1. The quantitative estimate of drug-likeness (QED) is 0.788. The molecule has 0 aromatic carbocycles. The average molecular weight is 248 g/mol. The SMILES string of the molecule is O=C1C2CCCC2C(=O)N1CCCc1ncn[nH]1. The fraction of sp³-hybridized carbons (Fsp3) is 0.667. The van der Waals surface area contributed by atoms with Crippen LogP contribution in [0.3, 0.4) is 0 Å². The summed E-state index contributed by atoms with van der Waals surface area (Å²) in [4.78, 5) is 29.6. The van der Waals surface area contributed by atoms with E-state index in [4.69, 9.17) is 0 Å². The molecule has 1 saturated heterocycles. The molecule has 2 unspecified atom stereocenters. The van der Waals surface area contributed by atoms with E-state index in [0.29, 0.717) is 13.0 Å². The van der Waals surface area contributed by atoms with Crippen LogP contribution in [0.5, 0.6) is 0 Å². The number of hydrogen-bond acceptors (Lipinski definition) is 4. The van der Waals surface area contributed by atoms with Crippen LogP contribution in [-0.2, 0) is 16.0 Å². The Morgan fingerprint density at radius 3 is 2.61 bits per heavy atom. The lowest BCUT2D eigenvalue weighted by Crippen LogP contribution is -2.32. The van der Waals surface area contributed by atoms with Gasteiger partial charge >= 0.3 is 0 Å². The van der Waals surface area contributed by atoms with Crippen molar-refractivity contribution >= 4 is 11.8 Å². The van der Waals surface area contributed by atoms with Gasteiger partial charge < -0.3 is 0 Å². The molecule has 6 heteroatoms. The summed E-state index contributed by atoms with van der Waals surface area (Å²) < 4.78 is 0. The molecule has 2 heterocycles. The van der Waals surface area contributed by atoms with Crippen molar-refractivity contribution in [1.29, 1.82) is 0 Å². The highest BCUT2D eigenvalue weighted by Gasteiger charge is 2.49. The summed E-state index contributed by atoms with van der Waals surface area (Å²) in [6, 6.07) is 0. The number of hydrogen-bond donors (Lipinski definition) is 1. The van der Waals surface area contributed by atoms with Crippen molar-refractivity contribution in [2.45, 2.75) is 32.1 Å². The second kappa shape index (κ2) is 4.51. The number of likely N-dealkylation sites (tertiary alicyclic amines) is 1. The number of nitrogens with zero attached hydrogens (tertiary/aromatic N) is 3. The van der Waals surface area contributed by atoms with E-state index in [1.165, 1.54) is 11.2 Å². The molecule has 0 bridgehead atoms. The predicted octanol–water partition coefficient (Wildman–Crippen LogP) is 0.522. The largest absolute Gasteiger partial charge is 0.282 e. The number of aromatic amines is 1. The summed E-state index contributed by atoms with van der Waals surface area (Å²) >= 11 is 0. The lowest BCUT2D eigenvalue weighted by atomic mass is 10.00. The molecular weight excluding hydrogens is 232 g/mol. The van der Waals surface area contributed by atoms with E-state index in [-0.39, 0.29) is 23.7 Å². The minimum absolute atomic E-state index is 0.0252. The predicted molar refractivity (Wildman–Crippen MR) is 62.3 cm³/mol. The average Bonchev–Trinajstić information content (AvgIpc) is 3.06.